The monoisotopic (exact) mass is 274 g/mol. The van der Waals surface area contributed by atoms with E-state index < -0.39 is 0 Å². The van der Waals surface area contributed by atoms with Gasteiger partial charge in [0.1, 0.15) is 0 Å². The maximum absolute atomic E-state index is 6.50. The van der Waals surface area contributed by atoms with Gasteiger partial charge in [-0.15, -0.1) is 11.3 Å². The molecule has 0 aliphatic heterocycles. The van der Waals surface area contributed by atoms with Crippen LogP contribution in [0.4, 0.5) is 0 Å². The third kappa shape index (κ3) is 3.64. The largest absolute Gasteiger partial charge is 0.327 e. The SMILES string of the molecule is CCC(C)C(c1ccccc1)C(N)Cc1cncs1. The van der Waals surface area contributed by atoms with Crippen molar-refractivity contribution in [2.45, 2.75) is 38.6 Å². The molecule has 1 aromatic carbocycles. The van der Waals surface area contributed by atoms with Crippen LogP contribution in [0.3, 0.4) is 0 Å². The van der Waals surface area contributed by atoms with Crippen molar-refractivity contribution in [3.05, 3.63) is 52.5 Å². The molecule has 1 heterocycles. The number of hydrogen-bond acceptors (Lipinski definition) is 3. The molecule has 1 aromatic heterocycles. The molecule has 2 rings (SSSR count). The first-order chi connectivity index (χ1) is 9.22. The Morgan fingerprint density at radius 3 is 2.58 bits per heavy atom. The summed E-state index contributed by atoms with van der Waals surface area (Å²) < 4.78 is 0. The smallest absolute Gasteiger partial charge is 0.0794 e. The Morgan fingerprint density at radius 2 is 2.00 bits per heavy atom. The molecule has 3 heteroatoms. The highest BCUT2D eigenvalue weighted by atomic mass is 32.1. The summed E-state index contributed by atoms with van der Waals surface area (Å²) in [5, 5.41) is 0. The van der Waals surface area contributed by atoms with E-state index in [1.54, 1.807) is 11.3 Å². The van der Waals surface area contributed by atoms with E-state index in [-0.39, 0.29) is 6.04 Å². The average molecular weight is 274 g/mol. The summed E-state index contributed by atoms with van der Waals surface area (Å²) in [5.74, 6) is 0.999. The van der Waals surface area contributed by atoms with E-state index in [4.69, 9.17) is 5.73 Å². The number of nitrogens with zero attached hydrogens (tertiary/aromatic N) is 1. The Morgan fingerprint density at radius 1 is 1.26 bits per heavy atom. The van der Waals surface area contributed by atoms with Crippen LogP contribution < -0.4 is 5.73 Å². The zero-order valence-corrected chi connectivity index (χ0v) is 12.4. The number of nitrogens with two attached hydrogens (primary N) is 1. The Hall–Kier alpha value is -1.19. The number of aromatic nitrogens is 1. The summed E-state index contributed by atoms with van der Waals surface area (Å²) in [6, 6.07) is 10.8. The van der Waals surface area contributed by atoms with Crippen molar-refractivity contribution in [3.63, 3.8) is 0 Å². The molecule has 0 saturated carbocycles. The molecule has 0 saturated heterocycles. The second-order valence-corrected chi connectivity index (χ2v) is 6.13. The van der Waals surface area contributed by atoms with Crippen LogP contribution in [0.1, 0.15) is 36.6 Å². The van der Waals surface area contributed by atoms with Gasteiger partial charge in [-0.05, 0) is 17.9 Å². The summed E-state index contributed by atoms with van der Waals surface area (Å²) in [6.07, 6.45) is 3.99. The summed E-state index contributed by atoms with van der Waals surface area (Å²) in [6.45, 7) is 4.53. The van der Waals surface area contributed by atoms with Gasteiger partial charge in [-0.1, -0.05) is 50.6 Å². The van der Waals surface area contributed by atoms with E-state index in [1.165, 1.54) is 10.4 Å². The molecule has 0 bridgehead atoms. The van der Waals surface area contributed by atoms with Gasteiger partial charge in [0.15, 0.2) is 0 Å². The zero-order valence-electron chi connectivity index (χ0n) is 11.6. The van der Waals surface area contributed by atoms with Gasteiger partial charge in [0.05, 0.1) is 5.51 Å². The molecular formula is C16H22N2S. The first-order valence-electron chi connectivity index (χ1n) is 6.90. The van der Waals surface area contributed by atoms with Gasteiger partial charge in [0.25, 0.3) is 0 Å². The molecule has 0 radical (unpaired) electrons. The Bertz CT molecular complexity index is 467. The summed E-state index contributed by atoms with van der Waals surface area (Å²) in [4.78, 5) is 5.41. The van der Waals surface area contributed by atoms with Crippen molar-refractivity contribution in [1.29, 1.82) is 0 Å². The Balaban J connectivity index is 2.18. The number of thiazole rings is 1. The molecule has 0 spiro atoms. The van der Waals surface area contributed by atoms with Crippen molar-refractivity contribution < 1.29 is 0 Å². The van der Waals surface area contributed by atoms with Crippen LogP contribution in [0, 0.1) is 5.92 Å². The van der Waals surface area contributed by atoms with E-state index >= 15 is 0 Å². The van der Waals surface area contributed by atoms with Crippen LogP contribution in [-0.4, -0.2) is 11.0 Å². The van der Waals surface area contributed by atoms with Crippen molar-refractivity contribution >= 4 is 11.3 Å². The van der Waals surface area contributed by atoms with Crippen LogP contribution in [0.5, 0.6) is 0 Å². The second kappa shape index (κ2) is 6.83. The Labute approximate surface area is 119 Å². The molecule has 0 fully saturated rings. The lowest BCUT2D eigenvalue weighted by Crippen LogP contribution is -2.34. The predicted molar refractivity (Wildman–Crippen MR) is 82.4 cm³/mol. The van der Waals surface area contributed by atoms with Crippen LogP contribution in [0.25, 0.3) is 0 Å². The van der Waals surface area contributed by atoms with E-state index in [1.807, 2.05) is 11.7 Å². The summed E-state index contributed by atoms with van der Waals surface area (Å²) in [5.41, 5.74) is 9.73. The lowest BCUT2D eigenvalue weighted by molar-refractivity contribution is 0.381. The molecule has 2 N–H and O–H groups in total. The fourth-order valence-electron chi connectivity index (χ4n) is 2.63. The van der Waals surface area contributed by atoms with Crippen molar-refractivity contribution in [2.75, 3.05) is 0 Å². The zero-order chi connectivity index (χ0) is 13.7. The van der Waals surface area contributed by atoms with Crippen LogP contribution >= 0.6 is 11.3 Å². The third-order valence-corrected chi connectivity index (χ3v) is 4.63. The highest BCUT2D eigenvalue weighted by Crippen LogP contribution is 2.31. The van der Waals surface area contributed by atoms with Gasteiger partial charge in [-0.3, -0.25) is 4.98 Å². The quantitative estimate of drug-likeness (QED) is 0.869. The topological polar surface area (TPSA) is 38.9 Å². The molecule has 3 unspecified atom stereocenters. The average Bonchev–Trinajstić information content (AvgIpc) is 2.93. The number of hydrogen-bond donors (Lipinski definition) is 1. The maximum Gasteiger partial charge on any atom is 0.0794 e. The molecular weight excluding hydrogens is 252 g/mol. The second-order valence-electron chi connectivity index (χ2n) is 5.16. The lowest BCUT2D eigenvalue weighted by Gasteiger charge is -2.29. The van der Waals surface area contributed by atoms with Crippen molar-refractivity contribution in [3.8, 4) is 0 Å². The van der Waals surface area contributed by atoms with Gasteiger partial charge in [-0.25, -0.2) is 0 Å². The van der Waals surface area contributed by atoms with Gasteiger partial charge in [0, 0.05) is 23.0 Å². The molecule has 19 heavy (non-hydrogen) atoms. The van der Waals surface area contributed by atoms with Gasteiger partial charge in [-0.2, -0.15) is 0 Å². The molecule has 0 amide bonds. The van der Waals surface area contributed by atoms with E-state index in [9.17, 15) is 0 Å². The minimum absolute atomic E-state index is 0.151. The highest BCUT2D eigenvalue weighted by Gasteiger charge is 2.25. The molecule has 0 aliphatic rings. The van der Waals surface area contributed by atoms with Crippen molar-refractivity contribution in [2.24, 2.45) is 11.7 Å². The van der Waals surface area contributed by atoms with E-state index in [0.717, 1.165) is 12.8 Å². The molecule has 2 aromatic rings. The minimum Gasteiger partial charge on any atom is -0.327 e. The third-order valence-electron chi connectivity index (χ3n) is 3.82. The van der Waals surface area contributed by atoms with E-state index in [2.05, 4.69) is 49.2 Å². The van der Waals surface area contributed by atoms with Crippen LogP contribution in [0.2, 0.25) is 0 Å². The van der Waals surface area contributed by atoms with Gasteiger partial charge < -0.3 is 5.73 Å². The summed E-state index contributed by atoms with van der Waals surface area (Å²) >= 11 is 1.69. The first kappa shape index (κ1) is 14.2. The standard InChI is InChI=1S/C16H22N2S/c1-3-12(2)16(13-7-5-4-6-8-13)15(17)9-14-10-18-11-19-14/h4-8,10-12,15-16H,3,9,17H2,1-2H3. The fraction of sp³-hybridized carbons (Fsp3) is 0.438. The molecule has 0 aliphatic carbocycles. The molecule has 2 nitrogen and oxygen atoms in total. The predicted octanol–water partition coefficient (Wildman–Crippen LogP) is 3.84. The minimum atomic E-state index is 0.151. The number of rotatable bonds is 6. The first-order valence-corrected chi connectivity index (χ1v) is 7.78. The van der Waals surface area contributed by atoms with Crippen molar-refractivity contribution in [1.82, 2.24) is 4.98 Å². The Kier molecular flexibility index (Phi) is 5.11. The molecule has 102 valence electrons. The lowest BCUT2D eigenvalue weighted by atomic mass is 9.79. The van der Waals surface area contributed by atoms with Crippen LogP contribution in [0.15, 0.2) is 42.0 Å². The normalized spacial score (nSPS) is 15.9. The maximum atomic E-state index is 6.50. The van der Waals surface area contributed by atoms with Crippen LogP contribution in [-0.2, 0) is 6.42 Å². The fourth-order valence-corrected chi connectivity index (χ4v) is 3.30. The summed E-state index contributed by atoms with van der Waals surface area (Å²) in [7, 11) is 0. The van der Waals surface area contributed by atoms with E-state index in [0.29, 0.717) is 11.8 Å². The molecule has 3 atom stereocenters. The van der Waals surface area contributed by atoms with Gasteiger partial charge in [0.2, 0.25) is 0 Å². The number of benzene rings is 1. The van der Waals surface area contributed by atoms with Gasteiger partial charge >= 0.3 is 0 Å². The highest BCUT2D eigenvalue weighted by molar-refractivity contribution is 7.09.